The maximum absolute atomic E-state index is 9.12. The van der Waals surface area contributed by atoms with Gasteiger partial charge in [-0.2, -0.15) is 10.1 Å². The summed E-state index contributed by atoms with van der Waals surface area (Å²) in [6, 6.07) is 16.1. The Kier molecular flexibility index (Phi) is 5.45. The SMILES string of the molecule is COc1ccc([C@H]2C=C(c3ccc(Br)cc3)Nc3nc(CCCO)nn32)cc1. The van der Waals surface area contributed by atoms with Gasteiger partial charge in [0.25, 0.3) is 0 Å². The average molecular weight is 441 g/mol. The molecule has 0 saturated carbocycles. The first-order chi connectivity index (χ1) is 13.7. The van der Waals surface area contributed by atoms with Crippen molar-refractivity contribution in [1.29, 1.82) is 0 Å². The molecule has 1 aliphatic rings. The lowest BCUT2D eigenvalue weighted by atomic mass is 10.0. The van der Waals surface area contributed by atoms with E-state index >= 15 is 0 Å². The molecule has 1 aliphatic heterocycles. The highest BCUT2D eigenvalue weighted by Crippen LogP contribution is 2.33. The predicted octanol–water partition coefficient (Wildman–Crippen LogP) is 4.03. The number of aliphatic hydroxyl groups is 1. The standard InChI is InChI=1S/C21H21BrN4O2/c1-28-17-10-6-15(7-11-17)19-13-18(14-4-8-16(22)9-5-14)23-21-24-20(3-2-12-27)25-26(19)21/h4-11,13,19,27H,2-3,12H2,1H3,(H,23,24,25)/t19-/m1/s1. The van der Waals surface area contributed by atoms with Crippen LogP contribution in [0.2, 0.25) is 0 Å². The Balaban J connectivity index is 1.75. The summed E-state index contributed by atoms with van der Waals surface area (Å²) in [6.45, 7) is 0.127. The van der Waals surface area contributed by atoms with Gasteiger partial charge in [-0.25, -0.2) is 4.68 Å². The molecule has 28 heavy (non-hydrogen) atoms. The van der Waals surface area contributed by atoms with Gasteiger partial charge in [-0.15, -0.1) is 0 Å². The van der Waals surface area contributed by atoms with Crippen LogP contribution in [-0.2, 0) is 6.42 Å². The van der Waals surface area contributed by atoms with Crippen molar-refractivity contribution in [2.45, 2.75) is 18.9 Å². The number of fused-ring (bicyclic) bond motifs is 1. The first kappa shape index (κ1) is 18.7. The van der Waals surface area contributed by atoms with Crippen molar-refractivity contribution < 1.29 is 9.84 Å². The number of anilines is 1. The molecule has 6 nitrogen and oxygen atoms in total. The minimum absolute atomic E-state index is 0.0869. The summed E-state index contributed by atoms with van der Waals surface area (Å²) in [6.07, 6.45) is 3.44. The topological polar surface area (TPSA) is 72.2 Å². The fourth-order valence-electron chi connectivity index (χ4n) is 3.22. The largest absolute Gasteiger partial charge is 0.497 e. The van der Waals surface area contributed by atoms with Crippen LogP contribution in [0.25, 0.3) is 5.70 Å². The third kappa shape index (κ3) is 3.81. The summed E-state index contributed by atoms with van der Waals surface area (Å²) in [7, 11) is 1.66. The molecule has 2 aromatic carbocycles. The Morgan fingerprint density at radius 1 is 1.14 bits per heavy atom. The van der Waals surface area contributed by atoms with Crippen molar-refractivity contribution in [3.8, 4) is 5.75 Å². The highest BCUT2D eigenvalue weighted by atomic mass is 79.9. The number of rotatable bonds is 6. The fraction of sp³-hybridized carbons (Fsp3) is 0.238. The van der Waals surface area contributed by atoms with Crippen LogP contribution in [0.4, 0.5) is 5.95 Å². The molecule has 4 rings (SSSR count). The van der Waals surface area contributed by atoms with Crippen molar-refractivity contribution in [2.24, 2.45) is 0 Å². The summed E-state index contributed by atoms with van der Waals surface area (Å²) in [5, 5.41) is 17.2. The van der Waals surface area contributed by atoms with Crippen molar-refractivity contribution in [1.82, 2.24) is 14.8 Å². The van der Waals surface area contributed by atoms with Crippen LogP contribution in [-0.4, -0.2) is 33.6 Å². The highest BCUT2D eigenvalue weighted by Gasteiger charge is 2.25. The predicted molar refractivity (Wildman–Crippen MR) is 112 cm³/mol. The third-order valence-corrected chi connectivity index (χ3v) is 5.21. The Morgan fingerprint density at radius 2 is 1.89 bits per heavy atom. The quantitative estimate of drug-likeness (QED) is 0.605. The van der Waals surface area contributed by atoms with Gasteiger partial charge in [-0.3, -0.25) is 0 Å². The molecule has 144 valence electrons. The number of aromatic nitrogens is 3. The molecule has 0 spiro atoms. The van der Waals surface area contributed by atoms with Gasteiger partial charge in [0.1, 0.15) is 11.8 Å². The number of methoxy groups -OCH3 is 1. The lowest BCUT2D eigenvalue weighted by Crippen LogP contribution is -2.20. The zero-order valence-electron chi connectivity index (χ0n) is 15.5. The molecular formula is C21H21BrN4O2. The average Bonchev–Trinajstić information content (AvgIpc) is 3.15. The van der Waals surface area contributed by atoms with Crippen molar-refractivity contribution in [3.63, 3.8) is 0 Å². The second-order valence-corrected chi connectivity index (χ2v) is 7.47. The van der Waals surface area contributed by atoms with Crippen LogP contribution in [0.15, 0.2) is 59.1 Å². The third-order valence-electron chi connectivity index (χ3n) is 4.68. The Labute approximate surface area is 172 Å². The molecule has 0 fully saturated rings. The molecule has 3 aromatic rings. The van der Waals surface area contributed by atoms with Crippen LogP contribution in [0, 0.1) is 0 Å². The number of aryl methyl sites for hydroxylation is 1. The minimum Gasteiger partial charge on any atom is -0.497 e. The summed E-state index contributed by atoms with van der Waals surface area (Å²) in [5.74, 6) is 2.24. The minimum atomic E-state index is -0.0869. The molecule has 0 bridgehead atoms. The van der Waals surface area contributed by atoms with Crippen molar-refractivity contribution >= 4 is 27.6 Å². The number of nitrogens with zero attached hydrogens (tertiary/aromatic N) is 3. The summed E-state index contributed by atoms with van der Waals surface area (Å²) >= 11 is 3.49. The molecule has 7 heteroatoms. The Hall–Kier alpha value is -2.64. The zero-order valence-corrected chi connectivity index (χ0v) is 17.1. The first-order valence-electron chi connectivity index (χ1n) is 9.13. The van der Waals surface area contributed by atoms with Crippen LogP contribution in [0.5, 0.6) is 5.75 Å². The monoisotopic (exact) mass is 440 g/mol. The smallest absolute Gasteiger partial charge is 0.226 e. The van der Waals surface area contributed by atoms with Crippen LogP contribution >= 0.6 is 15.9 Å². The first-order valence-corrected chi connectivity index (χ1v) is 9.92. The van der Waals surface area contributed by atoms with Crippen LogP contribution in [0.1, 0.15) is 29.4 Å². The molecule has 0 saturated heterocycles. The summed E-state index contributed by atoms with van der Waals surface area (Å²) in [5.41, 5.74) is 3.16. The van der Waals surface area contributed by atoms with Gasteiger partial charge in [0.15, 0.2) is 5.82 Å². The number of benzene rings is 2. The van der Waals surface area contributed by atoms with Gasteiger partial charge in [0.2, 0.25) is 5.95 Å². The number of allylic oxidation sites excluding steroid dienone is 1. The molecule has 1 aromatic heterocycles. The maximum atomic E-state index is 9.12. The van der Waals surface area contributed by atoms with Gasteiger partial charge < -0.3 is 15.2 Å². The van der Waals surface area contributed by atoms with E-state index in [-0.39, 0.29) is 12.6 Å². The molecule has 1 atom stereocenters. The van der Waals surface area contributed by atoms with E-state index in [4.69, 9.17) is 9.84 Å². The number of hydrogen-bond acceptors (Lipinski definition) is 5. The summed E-state index contributed by atoms with van der Waals surface area (Å²) in [4.78, 5) is 4.65. The second kappa shape index (κ2) is 8.16. The fourth-order valence-corrected chi connectivity index (χ4v) is 3.48. The van der Waals surface area contributed by atoms with Crippen LogP contribution < -0.4 is 10.1 Å². The van der Waals surface area contributed by atoms with Gasteiger partial charge >= 0.3 is 0 Å². The molecule has 0 radical (unpaired) electrons. The Morgan fingerprint density at radius 3 is 2.57 bits per heavy atom. The summed E-state index contributed by atoms with van der Waals surface area (Å²) < 4.78 is 8.22. The lowest BCUT2D eigenvalue weighted by Gasteiger charge is -2.24. The number of nitrogens with one attached hydrogen (secondary N) is 1. The van der Waals surface area contributed by atoms with E-state index in [9.17, 15) is 0 Å². The van der Waals surface area contributed by atoms with E-state index in [1.54, 1.807) is 7.11 Å². The molecule has 2 heterocycles. The number of aliphatic hydroxyl groups excluding tert-OH is 1. The van der Waals surface area contributed by atoms with Crippen LogP contribution in [0.3, 0.4) is 0 Å². The second-order valence-electron chi connectivity index (χ2n) is 6.55. The zero-order chi connectivity index (χ0) is 19.5. The van der Waals surface area contributed by atoms with Gasteiger partial charge in [-0.05, 0) is 47.9 Å². The Bertz CT molecular complexity index is 981. The van der Waals surface area contributed by atoms with E-state index < -0.39 is 0 Å². The van der Waals surface area contributed by atoms with E-state index in [1.807, 2.05) is 41.1 Å². The number of hydrogen-bond donors (Lipinski definition) is 2. The highest BCUT2D eigenvalue weighted by molar-refractivity contribution is 9.10. The molecular weight excluding hydrogens is 420 g/mol. The van der Waals surface area contributed by atoms with E-state index in [0.29, 0.717) is 18.8 Å². The molecule has 2 N–H and O–H groups in total. The van der Waals surface area contributed by atoms with Gasteiger partial charge in [-0.1, -0.05) is 40.2 Å². The molecule has 0 amide bonds. The van der Waals surface area contributed by atoms with E-state index in [1.165, 1.54) is 0 Å². The van der Waals surface area contributed by atoms with E-state index in [2.05, 4.69) is 49.5 Å². The van der Waals surface area contributed by atoms with Crippen molar-refractivity contribution in [3.05, 3.63) is 76.0 Å². The van der Waals surface area contributed by atoms with Crippen molar-refractivity contribution in [2.75, 3.05) is 19.0 Å². The van der Waals surface area contributed by atoms with Gasteiger partial charge in [0.05, 0.1) is 7.11 Å². The number of ether oxygens (including phenoxy) is 1. The molecule has 0 aliphatic carbocycles. The molecule has 0 unspecified atom stereocenters. The normalized spacial score (nSPS) is 15.5. The maximum Gasteiger partial charge on any atom is 0.226 e. The number of halogens is 1. The lowest BCUT2D eigenvalue weighted by molar-refractivity contribution is 0.287. The van der Waals surface area contributed by atoms with Gasteiger partial charge in [0, 0.05) is 23.2 Å². The van der Waals surface area contributed by atoms with E-state index in [0.717, 1.165) is 32.9 Å².